The second-order valence-corrected chi connectivity index (χ2v) is 5.95. The first-order valence-corrected chi connectivity index (χ1v) is 8.04. The lowest BCUT2D eigenvalue weighted by Crippen LogP contribution is -2.28. The zero-order valence-electron chi connectivity index (χ0n) is 12.9. The maximum absolute atomic E-state index is 5.08. The second kappa shape index (κ2) is 8.25. The first-order chi connectivity index (χ1) is 9.81. The quantitative estimate of drug-likeness (QED) is 0.799. The molecule has 1 aliphatic rings. The van der Waals surface area contributed by atoms with Crippen LogP contribution in [-0.2, 0) is 6.54 Å². The molecule has 1 fully saturated rings. The summed E-state index contributed by atoms with van der Waals surface area (Å²) in [6, 6.07) is 4.70. The summed E-state index contributed by atoms with van der Waals surface area (Å²) < 4.78 is 5.08. The number of rotatable bonds is 6. The van der Waals surface area contributed by atoms with Crippen LogP contribution in [0.5, 0.6) is 5.88 Å². The minimum Gasteiger partial charge on any atom is -0.481 e. The van der Waals surface area contributed by atoms with Gasteiger partial charge in [-0.15, -0.1) is 0 Å². The monoisotopic (exact) mass is 276 g/mol. The Balaban J connectivity index is 1.75. The van der Waals surface area contributed by atoms with Crippen molar-refractivity contribution in [3.63, 3.8) is 0 Å². The zero-order chi connectivity index (χ0) is 14.2. The van der Waals surface area contributed by atoms with Gasteiger partial charge in [0, 0.05) is 24.8 Å². The molecule has 1 aromatic heterocycles. The van der Waals surface area contributed by atoms with Crippen molar-refractivity contribution in [2.75, 3.05) is 7.11 Å². The zero-order valence-corrected chi connectivity index (χ0v) is 12.9. The maximum Gasteiger partial charge on any atom is 0.212 e. The number of hydrogen-bond acceptors (Lipinski definition) is 3. The summed E-state index contributed by atoms with van der Waals surface area (Å²) in [5.41, 5.74) is 1.24. The largest absolute Gasteiger partial charge is 0.481 e. The third-order valence-electron chi connectivity index (χ3n) is 4.39. The molecule has 0 aliphatic heterocycles. The maximum atomic E-state index is 5.08. The Morgan fingerprint density at radius 1 is 1.25 bits per heavy atom. The van der Waals surface area contributed by atoms with E-state index in [1.54, 1.807) is 7.11 Å². The Kier molecular flexibility index (Phi) is 6.31. The molecule has 112 valence electrons. The van der Waals surface area contributed by atoms with Crippen LogP contribution in [0.1, 0.15) is 57.4 Å². The minimum atomic E-state index is 0.680. The van der Waals surface area contributed by atoms with Crippen molar-refractivity contribution >= 4 is 0 Å². The molecule has 2 rings (SSSR count). The standard InChI is InChI=1S/C17H28N2O/c1-3-5-14-6-4-7-16(10-8-14)18-12-15-9-11-17(20-2)19-13-15/h9,11,13-14,16,18H,3-8,10,12H2,1-2H3. The molecule has 0 saturated heterocycles. The molecule has 0 radical (unpaired) electrons. The van der Waals surface area contributed by atoms with Gasteiger partial charge < -0.3 is 10.1 Å². The van der Waals surface area contributed by atoms with E-state index in [-0.39, 0.29) is 0 Å². The highest BCUT2D eigenvalue weighted by atomic mass is 16.5. The van der Waals surface area contributed by atoms with E-state index in [2.05, 4.69) is 23.3 Å². The number of nitrogens with one attached hydrogen (secondary N) is 1. The number of methoxy groups -OCH3 is 1. The van der Waals surface area contributed by atoms with Gasteiger partial charge in [-0.25, -0.2) is 4.98 Å². The van der Waals surface area contributed by atoms with Gasteiger partial charge in [0.15, 0.2) is 0 Å². The number of ether oxygens (including phenoxy) is 1. The van der Waals surface area contributed by atoms with Crippen molar-refractivity contribution in [1.29, 1.82) is 0 Å². The average Bonchev–Trinajstić information content (AvgIpc) is 2.71. The Bertz CT molecular complexity index is 377. The van der Waals surface area contributed by atoms with Crippen LogP contribution in [0.4, 0.5) is 0 Å². The lowest BCUT2D eigenvalue weighted by molar-refractivity contribution is 0.396. The number of aromatic nitrogens is 1. The highest BCUT2D eigenvalue weighted by Gasteiger charge is 2.17. The van der Waals surface area contributed by atoms with Crippen LogP contribution in [0.3, 0.4) is 0 Å². The molecule has 20 heavy (non-hydrogen) atoms. The van der Waals surface area contributed by atoms with Crippen molar-refractivity contribution in [3.05, 3.63) is 23.9 Å². The van der Waals surface area contributed by atoms with E-state index in [1.807, 2.05) is 12.3 Å². The van der Waals surface area contributed by atoms with E-state index in [4.69, 9.17) is 4.74 Å². The lowest BCUT2D eigenvalue weighted by atomic mass is 9.95. The topological polar surface area (TPSA) is 34.1 Å². The summed E-state index contributed by atoms with van der Waals surface area (Å²) >= 11 is 0. The van der Waals surface area contributed by atoms with Gasteiger partial charge in [0.2, 0.25) is 5.88 Å². The van der Waals surface area contributed by atoms with Crippen LogP contribution in [-0.4, -0.2) is 18.1 Å². The van der Waals surface area contributed by atoms with Crippen LogP contribution in [0.25, 0.3) is 0 Å². The Morgan fingerprint density at radius 2 is 2.15 bits per heavy atom. The predicted molar refractivity (Wildman–Crippen MR) is 82.9 cm³/mol. The minimum absolute atomic E-state index is 0.680. The van der Waals surface area contributed by atoms with Crippen molar-refractivity contribution in [3.8, 4) is 5.88 Å². The van der Waals surface area contributed by atoms with E-state index in [1.165, 1.54) is 50.5 Å². The number of nitrogens with zero attached hydrogens (tertiary/aromatic N) is 1. The third kappa shape index (κ3) is 4.78. The molecule has 0 bridgehead atoms. The van der Waals surface area contributed by atoms with Gasteiger partial charge in [-0.1, -0.05) is 38.7 Å². The molecule has 0 aromatic carbocycles. The first kappa shape index (κ1) is 15.3. The smallest absolute Gasteiger partial charge is 0.212 e. The molecule has 1 aliphatic carbocycles. The number of pyridine rings is 1. The van der Waals surface area contributed by atoms with E-state index in [0.717, 1.165) is 12.5 Å². The highest BCUT2D eigenvalue weighted by Crippen LogP contribution is 2.26. The Morgan fingerprint density at radius 3 is 2.85 bits per heavy atom. The molecule has 1 aromatic rings. The summed E-state index contributed by atoms with van der Waals surface area (Å²) in [6.07, 6.45) is 11.5. The van der Waals surface area contributed by atoms with Gasteiger partial charge in [0.25, 0.3) is 0 Å². The lowest BCUT2D eigenvalue weighted by Gasteiger charge is -2.17. The third-order valence-corrected chi connectivity index (χ3v) is 4.39. The highest BCUT2D eigenvalue weighted by molar-refractivity contribution is 5.17. The fourth-order valence-electron chi connectivity index (χ4n) is 3.18. The van der Waals surface area contributed by atoms with Gasteiger partial charge >= 0.3 is 0 Å². The summed E-state index contributed by atoms with van der Waals surface area (Å²) in [5, 5.41) is 3.70. The van der Waals surface area contributed by atoms with Crippen LogP contribution in [0, 0.1) is 5.92 Å². The Hall–Kier alpha value is -1.09. The molecular formula is C17H28N2O. The summed E-state index contributed by atoms with van der Waals surface area (Å²) in [5.74, 6) is 1.65. The van der Waals surface area contributed by atoms with Gasteiger partial charge in [-0.05, 0) is 30.7 Å². The molecule has 0 amide bonds. The number of hydrogen-bond donors (Lipinski definition) is 1. The Labute approximate surface area is 123 Å². The van der Waals surface area contributed by atoms with Crippen LogP contribution >= 0.6 is 0 Å². The van der Waals surface area contributed by atoms with Gasteiger partial charge in [-0.2, -0.15) is 0 Å². The fourth-order valence-corrected chi connectivity index (χ4v) is 3.18. The van der Waals surface area contributed by atoms with Crippen molar-refractivity contribution in [1.82, 2.24) is 10.3 Å². The van der Waals surface area contributed by atoms with Crippen molar-refractivity contribution in [2.45, 2.75) is 64.5 Å². The summed E-state index contributed by atoms with van der Waals surface area (Å²) in [6.45, 7) is 3.22. The fraction of sp³-hybridized carbons (Fsp3) is 0.706. The van der Waals surface area contributed by atoms with Gasteiger partial charge in [-0.3, -0.25) is 0 Å². The molecule has 1 N–H and O–H groups in total. The van der Waals surface area contributed by atoms with E-state index >= 15 is 0 Å². The molecule has 3 nitrogen and oxygen atoms in total. The van der Waals surface area contributed by atoms with Crippen LogP contribution in [0.2, 0.25) is 0 Å². The SMILES string of the molecule is CCCC1CCCC(NCc2ccc(OC)nc2)CC1. The van der Waals surface area contributed by atoms with Crippen molar-refractivity contribution in [2.24, 2.45) is 5.92 Å². The van der Waals surface area contributed by atoms with Crippen LogP contribution in [0.15, 0.2) is 18.3 Å². The first-order valence-electron chi connectivity index (χ1n) is 8.04. The van der Waals surface area contributed by atoms with Gasteiger partial charge in [0.1, 0.15) is 0 Å². The van der Waals surface area contributed by atoms with Gasteiger partial charge in [0.05, 0.1) is 7.11 Å². The predicted octanol–water partition coefficient (Wildman–Crippen LogP) is 3.93. The molecular weight excluding hydrogens is 248 g/mol. The summed E-state index contributed by atoms with van der Waals surface area (Å²) in [4.78, 5) is 4.25. The molecule has 2 atom stereocenters. The van der Waals surface area contributed by atoms with E-state index in [9.17, 15) is 0 Å². The molecule has 1 heterocycles. The molecule has 0 spiro atoms. The average molecular weight is 276 g/mol. The molecule has 2 unspecified atom stereocenters. The molecule has 3 heteroatoms. The summed E-state index contributed by atoms with van der Waals surface area (Å²) in [7, 11) is 1.65. The van der Waals surface area contributed by atoms with Crippen molar-refractivity contribution < 1.29 is 4.74 Å². The van der Waals surface area contributed by atoms with E-state index < -0.39 is 0 Å². The second-order valence-electron chi connectivity index (χ2n) is 5.95. The normalized spacial score (nSPS) is 23.3. The molecule has 1 saturated carbocycles. The van der Waals surface area contributed by atoms with E-state index in [0.29, 0.717) is 11.9 Å². The van der Waals surface area contributed by atoms with Crippen LogP contribution < -0.4 is 10.1 Å².